The number of allylic oxidation sites excluding steroid dienone is 1. The average molecular weight is 194 g/mol. The monoisotopic (exact) mass is 194 g/mol. The second kappa shape index (κ2) is 4.56. The summed E-state index contributed by atoms with van der Waals surface area (Å²) < 4.78 is 13.2. The van der Waals surface area contributed by atoms with Gasteiger partial charge in [0.05, 0.1) is 5.56 Å². The van der Waals surface area contributed by atoms with Crippen LogP contribution in [-0.2, 0) is 0 Å². The summed E-state index contributed by atoms with van der Waals surface area (Å²) in [6, 6.07) is 5.76. The lowest BCUT2D eigenvalue weighted by Gasteiger charge is -2.05. The first kappa shape index (κ1) is 10.4. The van der Waals surface area contributed by atoms with Gasteiger partial charge < -0.3 is 5.11 Å². The lowest BCUT2D eigenvalue weighted by molar-refractivity contribution is 0.0697. The maximum atomic E-state index is 13.2. The number of hydrogen-bond acceptors (Lipinski definition) is 1. The lowest BCUT2D eigenvalue weighted by Crippen LogP contribution is -1.97. The molecule has 0 aliphatic rings. The molecule has 1 atom stereocenters. The maximum Gasteiger partial charge on any atom is 0.335 e. The van der Waals surface area contributed by atoms with E-state index in [1.54, 1.807) is 0 Å². The maximum absolute atomic E-state index is 13.2. The van der Waals surface area contributed by atoms with E-state index in [-0.39, 0.29) is 12.0 Å². The highest BCUT2D eigenvalue weighted by molar-refractivity contribution is 5.87. The molecule has 1 rings (SSSR count). The third kappa shape index (κ3) is 2.42. The van der Waals surface area contributed by atoms with E-state index in [9.17, 15) is 9.18 Å². The third-order valence-electron chi connectivity index (χ3n) is 1.89. The SMILES string of the molecule is C=CCC(F)c1ccc(C(=O)O)cc1. The molecule has 0 amide bonds. The van der Waals surface area contributed by atoms with Crippen LogP contribution in [0.25, 0.3) is 0 Å². The third-order valence-corrected chi connectivity index (χ3v) is 1.89. The molecule has 0 aliphatic carbocycles. The molecule has 1 aromatic rings. The zero-order valence-corrected chi connectivity index (χ0v) is 7.61. The van der Waals surface area contributed by atoms with E-state index < -0.39 is 12.1 Å². The summed E-state index contributed by atoms with van der Waals surface area (Å²) in [6.07, 6.45) is 0.637. The minimum absolute atomic E-state index is 0.166. The van der Waals surface area contributed by atoms with Crippen molar-refractivity contribution in [3.63, 3.8) is 0 Å². The Labute approximate surface area is 81.7 Å². The van der Waals surface area contributed by atoms with Gasteiger partial charge >= 0.3 is 5.97 Å². The molecular weight excluding hydrogens is 183 g/mol. The van der Waals surface area contributed by atoms with Gasteiger partial charge in [-0.2, -0.15) is 0 Å². The zero-order valence-electron chi connectivity index (χ0n) is 7.61. The lowest BCUT2D eigenvalue weighted by atomic mass is 10.1. The van der Waals surface area contributed by atoms with Gasteiger partial charge in [-0.25, -0.2) is 9.18 Å². The predicted octanol–water partition coefficient (Wildman–Crippen LogP) is 2.97. The van der Waals surface area contributed by atoms with Crippen molar-refractivity contribution in [1.29, 1.82) is 0 Å². The highest BCUT2D eigenvalue weighted by Gasteiger charge is 2.08. The van der Waals surface area contributed by atoms with Crippen LogP contribution in [0.5, 0.6) is 0 Å². The number of carboxylic acids is 1. The van der Waals surface area contributed by atoms with E-state index in [1.165, 1.54) is 30.3 Å². The Balaban J connectivity index is 2.82. The van der Waals surface area contributed by atoms with E-state index in [1.807, 2.05) is 0 Å². The Morgan fingerprint density at radius 3 is 2.50 bits per heavy atom. The molecule has 0 fully saturated rings. The Morgan fingerprint density at radius 1 is 1.50 bits per heavy atom. The van der Waals surface area contributed by atoms with Crippen molar-refractivity contribution in [2.75, 3.05) is 0 Å². The van der Waals surface area contributed by atoms with E-state index >= 15 is 0 Å². The first-order valence-corrected chi connectivity index (χ1v) is 4.23. The van der Waals surface area contributed by atoms with Gasteiger partial charge in [0, 0.05) is 6.42 Å². The second-order valence-corrected chi connectivity index (χ2v) is 2.92. The number of carbonyl (C=O) groups is 1. The van der Waals surface area contributed by atoms with Gasteiger partial charge in [-0.3, -0.25) is 0 Å². The van der Waals surface area contributed by atoms with Gasteiger partial charge in [0.1, 0.15) is 6.17 Å². The van der Waals surface area contributed by atoms with Crippen molar-refractivity contribution in [2.24, 2.45) is 0 Å². The normalized spacial score (nSPS) is 12.1. The van der Waals surface area contributed by atoms with Crippen molar-refractivity contribution in [3.8, 4) is 0 Å². The van der Waals surface area contributed by atoms with E-state index in [4.69, 9.17) is 5.11 Å². The van der Waals surface area contributed by atoms with Crippen molar-refractivity contribution < 1.29 is 14.3 Å². The smallest absolute Gasteiger partial charge is 0.335 e. The second-order valence-electron chi connectivity index (χ2n) is 2.92. The molecule has 3 heteroatoms. The molecule has 2 nitrogen and oxygen atoms in total. The minimum Gasteiger partial charge on any atom is -0.478 e. The summed E-state index contributed by atoms with van der Waals surface area (Å²) in [5.74, 6) is -1.00. The number of benzene rings is 1. The molecule has 74 valence electrons. The van der Waals surface area contributed by atoms with Crippen LogP contribution in [-0.4, -0.2) is 11.1 Å². The van der Waals surface area contributed by atoms with Crippen LogP contribution >= 0.6 is 0 Å². The predicted molar refractivity (Wildman–Crippen MR) is 52.1 cm³/mol. The molecule has 0 spiro atoms. The molecule has 0 bridgehead atoms. The van der Waals surface area contributed by atoms with Gasteiger partial charge in [0.2, 0.25) is 0 Å². The van der Waals surface area contributed by atoms with Crippen LogP contribution in [0.4, 0.5) is 4.39 Å². The highest BCUT2D eigenvalue weighted by Crippen LogP contribution is 2.21. The standard InChI is InChI=1S/C11H11FO2/c1-2-3-10(12)8-4-6-9(7-5-8)11(13)14/h2,4-7,10H,1,3H2,(H,13,14). The van der Waals surface area contributed by atoms with Crippen LogP contribution in [0.2, 0.25) is 0 Å². The van der Waals surface area contributed by atoms with Crippen LogP contribution < -0.4 is 0 Å². The fourth-order valence-corrected chi connectivity index (χ4v) is 1.12. The van der Waals surface area contributed by atoms with Crippen LogP contribution in [0.3, 0.4) is 0 Å². The fourth-order valence-electron chi connectivity index (χ4n) is 1.12. The van der Waals surface area contributed by atoms with Gasteiger partial charge in [-0.05, 0) is 17.7 Å². The molecule has 1 unspecified atom stereocenters. The molecule has 0 aliphatic heterocycles. The quantitative estimate of drug-likeness (QED) is 0.748. The summed E-state index contributed by atoms with van der Waals surface area (Å²) in [5, 5.41) is 8.61. The summed E-state index contributed by atoms with van der Waals surface area (Å²) in [6.45, 7) is 3.44. The Bertz CT molecular complexity index is 330. The molecule has 0 radical (unpaired) electrons. The van der Waals surface area contributed by atoms with E-state index in [0.717, 1.165) is 0 Å². The summed E-state index contributed by atoms with van der Waals surface area (Å²) in [4.78, 5) is 10.5. The van der Waals surface area contributed by atoms with Gasteiger partial charge in [-0.1, -0.05) is 18.2 Å². The molecule has 1 aromatic carbocycles. The zero-order chi connectivity index (χ0) is 10.6. The largest absolute Gasteiger partial charge is 0.478 e. The molecule has 0 saturated heterocycles. The topological polar surface area (TPSA) is 37.3 Å². The molecule has 0 aromatic heterocycles. The Morgan fingerprint density at radius 2 is 2.07 bits per heavy atom. The molecule has 0 saturated carbocycles. The summed E-state index contributed by atoms with van der Waals surface area (Å²) in [7, 11) is 0. The number of aromatic carboxylic acids is 1. The van der Waals surface area contributed by atoms with Crippen LogP contribution in [0.15, 0.2) is 36.9 Å². The summed E-state index contributed by atoms with van der Waals surface area (Å²) in [5.41, 5.74) is 0.648. The fraction of sp³-hybridized carbons (Fsp3) is 0.182. The number of alkyl halides is 1. The number of rotatable bonds is 4. The molecule has 0 heterocycles. The molecule has 14 heavy (non-hydrogen) atoms. The number of hydrogen-bond donors (Lipinski definition) is 1. The van der Waals surface area contributed by atoms with Gasteiger partial charge in [0.25, 0.3) is 0 Å². The van der Waals surface area contributed by atoms with E-state index in [0.29, 0.717) is 5.56 Å². The molecule has 1 N–H and O–H groups in total. The van der Waals surface area contributed by atoms with Crippen LogP contribution in [0, 0.1) is 0 Å². The Hall–Kier alpha value is -1.64. The first-order valence-electron chi connectivity index (χ1n) is 4.23. The van der Waals surface area contributed by atoms with Gasteiger partial charge in [-0.15, -0.1) is 6.58 Å². The van der Waals surface area contributed by atoms with Crippen molar-refractivity contribution >= 4 is 5.97 Å². The summed E-state index contributed by atoms with van der Waals surface area (Å²) >= 11 is 0. The number of halogens is 1. The van der Waals surface area contributed by atoms with E-state index in [2.05, 4.69) is 6.58 Å². The first-order chi connectivity index (χ1) is 6.65. The average Bonchev–Trinajstić information content (AvgIpc) is 2.18. The van der Waals surface area contributed by atoms with Crippen molar-refractivity contribution in [2.45, 2.75) is 12.6 Å². The Kier molecular flexibility index (Phi) is 3.40. The number of carboxylic acid groups (broad SMARTS) is 1. The van der Waals surface area contributed by atoms with Gasteiger partial charge in [0.15, 0.2) is 0 Å². The van der Waals surface area contributed by atoms with Crippen molar-refractivity contribution in [1.82, 2.24) is 0 Å². The highest BCUT2D eigenvalue weighted by atomic mass is 19.1. The minimum atomic E-state index is -1.10. The molecular formula is C11H11FO2. The van der Waals surface area contributed by atoms with Crippen molar-refractivity contribution in [3.05, 3.63) is 48.0 Å². The van der Waals surface area contributed by atoms with Crippen LogP contribution in [0.1, 0.15) is 28.5 Å².